The van der Waals surface area contributed by atoms with E-state index in [2.05, 4.69) is 10.3 Å². The molecule has 1 atom stereocenters. The fourth-order valence-corrected chi connectivity index (χ4v) is 1.87. The Morgan fingerprint density at radius 3 is 2.84 bits per heavy atom. The average Bonchev–Trinajstić information content (AvgIpc) is 2.79. The van der Waals surface area contributed by atoms with Crippen LogP contribution < -0.4 is 5.32 Å². The SMILES string of the molecule is CC[C@@H](NC(=O)Cn1cnc2ccccc21)C(=O)O. The van der Waals surface area contributed by atoms with Crippen molar-refractivity contribution in [2.75, 3.05) is 0 Å². The molecule has 2 aromatic rings. The summed E-state index contributed by atoms with van der Waals surface area (Å²) in [6, 6.07) is 6.61. The number of rotatable bonds is 5. The standard InChI is InChI=1S/C13H15N3O3/c1-2-9(13(18)19)15-12(17)7-16-8-14-10-5-3-4-6-11(10)16/h3-6,8-9H,2,7H2,1H3,(H,15,17)(H,18,19)/t9-/m1/s1. The number of nitrogens with zero attached hydrogens (tertiary/aromatic N) is 2. The number of carbonyl (C=O) groups is 2. The number of carboxylic acid groups (broad SMARTS) is 1. The van der Waals surface area contributed by atoms with Crippen molar-refractivity contribution in [1.29, 1.82) is 0 Å². The minimum Gasteiger partial charge on any atom is -0.480 e. The van der Waals surface area contributed by atoms with Gasteiger partial charge in [0.25, 0.3) is 0 Å². The maximum Gasteiger partial charge on any atom is 0.326 e. The van der Waals surface area contributed by atoms with Gasteiger partial charge < -0.3 is 15.0 Å². The monoisotopic (exact) mass is 261 g/mol. The molecule has 0 bridgehead atoms. The topological polar surface area (TPSA) is 84.2 Å². The van der Waals surface area contributed by atoms with Crippen LogP contribution in [0.5, 0.6) is 0 Å². The molecule has 1 aromatic heterocycles. The molecule has 100 valence electrons. The Bertz CT molecular complexity index is 606. The van der Waals surface area contributed by atoms with Gasteiger partial charge in [-0.15, -0.1) is 0 Å². The first kappa shape index (κ1) is 13.1. The molecule has 1 aromatic carbocycles. The lowest BCUT2D eigenvalue weighted by molar-refractivity contribution is -0.142. The number of para-hydroxylation sites is 2. The molecule has 0 aliphatic rings. The van der Waals surface area contributed by atoms with Crippen LogP contribution in [0.1, 0.15) is 13.3 Å². The minimum absolute atomic E-state index is 0.0598. The van der Waals surface area contributed by atoms with Gasteiger partial charge in [-0.3, -0.25) is 4.79 Å². The molecule has 0 radical (unpaired) electrons. The highest BCUT2D eigenvalue weighted by Gasteiger charge is 2.17. The van der Waals surface area contributed by atoms with E-state index in [9.17, 15) is 9.59 Å². The summed E-state index contributed by atoms with van der Waals surface area (Å²) < 4.78 is 1.69. The third-order valence-electron chi connectivity index (χ3n) is 2.88. The van der Waals surface area contributed by atoms with Crippen LogP contribution in [0.2, 0.25) is 0 Å². The average molecular weight is 261 g/mol. The van der Waals surface area contributed by atoms with E-state index in [0.717, 1.165) is 11.0 Å². The predicted octanol–water partition coefficient (Wildman–Crippen LogP) is 1.02. The van der Waals surface area contributed by atoms with Gasteiger partial charge in [-0.25, -0.2) is 9.78 Å². The van der Waals surface area contributed by atoms with Crippen molar-refractivity contribution in [2.45, 2.75) is 25.9 Å². The molecule has 6 nitrogen and oxygen atoms in total. The number of carbonyl (C=O) groups excluding carboxylic acids is 1. The smallest absolute Gasteiger partial charge is 0.326 e. The van der Waals surface area contributed by atoms with Gasteiger partial charge in [0.05, 0.1) is 17.4 Å². The lowest BCUT2D eigenvalue weighted by atomic mass is 10.2. The summed E-state index contributed by atoms with van der Waals surface area (Å²) in [5, 5.41) is 11.4. The number of carboxylic acids is 1. The second-order valence-electron chi connectivity index (χ2n) is 4.23. The highest BCUT2D eigenvalue weighted by Crippen LogP contribution is 2.11. The van der Waals surface area contributed by atoms with Crippen molar-refractivity contribution in [3.05, 3.63) is 30.6 Å². The molecule has 0 saturated carbocycles. The van der Waals surface area contributed by atoms with Gasteiger partial charge >= 0.3 is 5.97 Å². The number of imidazole rings is 1. The van der Waals surface area contributed by atoms with Crippen LogP contribution in [0.4, 0.5) is 0 Å². The fraction of sp³-hybridized carbons (Fsp3) is 0.308. The largest absolute Gasteiger partial charge is 0.480 e. The summed E-state index contributed by atoms with van der Waals surface area (Å²) in [6.45, 7) is 1.77. The molecule has 1 heterocycles. The summed E-state index contributed by atoms with van der Waals surface area (Å²) >= 11 is 0. The van der Waals surface area contributed by atoms with Crippen molar-refractivity contribution in [3.8, 4) is 0 Å². The first-order valence-corrected chi connectivity index (χ1v) is 6.04. The zero-order chi connectivity index (χ0) is 13.8. The normalized spacial score (nSPS) is 12.3. The van der Waals surface area contributed by atoms with E-state index < -0.39 is 12.0 Å². The maximum absolute atomic E-state index is 11.8. The van der Waals surface area contributed by atoms with E-state index in [-0.39, 0.29) is 12.5 Å². The van der Waals surface area contributed by atoms with Crippen LogP contribution in [0, 0.1) is 0 Å². The molecule has 2 rings (SSSR count). The van der Waals surface area contributed by atoms with Gasteiger partial charge in [0.15, 0.2) is 0 Å². The summed E-state index contributed by atoms with van der Waals surface area (Å²) in [4.78, 5) is 26.8. The van der Waals surface area contributed by atoms with Crippen LogP contribution in [0.15, 0.2) is 30.6 Å². The van der Waals surface area contributed by atoms with E-state index in [1.54, 1.807) is 17.8 Å². The molecule has 19 heavy (non-hydrogen) atoms. The molecule has 0 fully saturated rings. The van der Waals surface area contributed by atoms with Crippen molar-refractivity contribution in [1.82, 2.24) is 14.9 Å². The van der Waals surface area contributed by atoms with Crippen LogP contribution in [-0.2, 0) is 16.1 Å². The summed E-state index contributed by atoms with van der Waals surface area (Å²) in [5.41, 5.74) is 1.65. The Kier molecular flexibility index (Phi) is 3.79. The number of fused-ring (bicyclic) bond motifs is 1. The van der Waals surface area contributed by atoms with E-state index >= 15 is 0 Å². The molecule has 2 N–H and O–H groups in total. The van der Waals surface area contributed by atoms with Gasteiger partial charge in [0.2, 0.25) is 5.91 Å². The van der Waals surface area contributed by atoms with Crippen LogP contribution in [0.3, 0.4) is 0 Å². The molecular weight excluding hydrogens is 246 g/mol. The molecule has 0 saturated heterocycles. The van der Waals surface area contributed by atoms with E-state index in [4.69, 9.17) is 5.11 Å². The number of nitrogens with one attached hydrogen (secondary N) is 1. The molecule has 1 amide bonds. The van der Waals surface area contributed by atoms with E-state index in [1.807, 2.05) is 24.3 Å². The van der Waals surface area contributed by atoms with Gasteiger partial charge in [0, 0.05) is 0 Å². The Morgan fingerprint density at radius 2 is 2.16 bits per heavy atom. The third-order valence-corrected chi connectivity index (χ3v) is 2.88. The van der Waals surface area contributed by atoms with Gasteiger partial charge in [0.1, 0.15) is 12.6 Å². The molecule has 6 heteroatoms. The van der Waals surface area contributed by atoms with E-state index in [1.165, 1.54) is 0 Å². The fourth-order valence-electron chi connectivity index (χ4n) is 1.87. The molecule has 0 spiro atoms. The van der Waals surface area contributed by atoms with Crippen molar-refractivity contribution < 1.29 is 14.7 Å². The number of hydrogen-bond donors (Lipinski definition) is 2. The molecule has 0 aliphatic heterocycles. The summed E-state index contributed by atoms with van der Waals surface area (Å²) in [6.07, 6.45) is 1.93. The highest BCUT2D eigenvalue weighted by atomic mass is 16.4. The minimum atomic E-state index is -1.02. The predicted molar refractivity (Wildman–Crippen MR) is 69.6 cm³/mol. The lowest BCUT2D eigenvalue weighted by Gasteiger charge is -2.12. The zero-order valence-corrected chi connectivity index (χ0v) is 10.5. The van der Waals surface area contributed by atoms with Crippen LogP contribution in [0.25, 0.3) is 11.0 Å². The molecule has 0 unspecified atom stereocenters. The molecule has 0 aliphatic carbocycles. The van der Waals surface area contributed by atoms with Crippen molar-refractivity contribution >= 4 is 22.9 Å². The summed E-state index contributed by atoms with van der Waals surface area (Å²) in [7, 11) is 0. The maximum atomic E-state index is 11.8. The van der Waals surface area contributed by atoms with Crippen molar-refractivity contribution in [2.24, 2.45) is 0 Å². The summed E-state index contributed by atoms with van der Waals surface area (Å²) in [5.74, 6) is -1.36. The second-order valence-corrected chi connectivity index (χ2v) is 4.23. The lowest BCUT2D eigenvalue weighted by Crippen LogP contribution is -2.41. The van der Waals surface area contributed by atoms with Crippen molar-refractivity contribution in [3.63, 3.8) is 0 Å². The number of aliphatic carboxylic acids is 1. The first-order chi connectivity index (χ1) is 9.11. The third kappa shape index (κ3) is 2.90. The van der Waals surface area contributed by atoms with Gasteiger partial charge in [-0.2, -0.15) is 0 Å². The van der Waals surface area contributed by atoms with Gasteiger partial charge in [-0.1, -0.05) is 19.1 Å². The Labute approximate surface area is 110 Å². The zero-order valence-electron chi connectivity index (χ0n) is 10.5. The Hall–Kier alpha value is -2.37. The Morgan fingerprint density at radius 1 is 1.42 bits per heavy atom. The van der Waals surface area contributed by atoms with Crippen LogP contribution >= 0.6 is 0 Å². The quantitative estimate of drug-likeness (QED) is 0.841. The number of aromatic nitrogens is 2. The second kappa shape index (κ2) is 5.51. The van der Waals surface area contributed by atoms with Crippen LogP contribution in [-0.4, -0.2) is 32.6 Å². The Balaban J connectivity index is 2.09. The van der Waals surface area contributed by atoms with E-state index in [0.29, 0.717) is 6.42 Å². The number of hydrogen-bond acceptors (Lipinski definition) is 3. The number of benzene rings is 1. The van der Waals surface area contributed by atoms with Gasteiger partial charge in [-0.05, 0) is 18.6 Å². The molecular formula is C13H15N3O3. The first-order valence-electron chi connectivity index (χ1n) is 6.04. The number of amides is 1. The highest BCUT2D eigenvalue weighted by molar-refractivity contribution is 5.84.